The molecule has 1 fully saturated rings. The van der Waals surface area contributed by atoms with Crippen LogP contribution >= 0.6 is 0 Å². The van der Waals surface area contributed by atoms with Crippen LogP contribution in [-0.4, -0.2) is 127 Å². The van der Waals surface area contributed by atoms with Crippen LogP contribution in [0.25, 0.3) is 6.08 Å². The number of likely N-dealkylation sites (N-methyl/N-ethyl adjacent to an activating group) is 2. The van der Waals surface area contributed by atoms with Crippen LogP contribution in [0.5, 0.6) is 0 Å². The van der Waals surface area contributed by atoms with Crippen molar-refractivity contribution in [3.05, 3.63) is 77.4 Å². The number of hydrogen-bond donors (Lipinski definition) is 1. The van der Waals surface area contributed by atoms with Crippen LogP contribution in [0.15, 0.2) is 60.7 Å². The SMILES string of the molecule is CC[C@H](C)[C@@H]([C@@H](CC(=O)N1CCC[C@H]1[C@H](OC)[C@@H](C)C(=O)C[C@H](/C=C/c1ccc(C(C)=O)cc1)Cc1ccccc1)OC)N(C)C(=O)[C@@H](CC(=O)[C@H](C(C)C)N(C)CCCC(=O)O)C(C)C. The third-order valence-corrected chi connectivity index (χ3v) is 13.9. The van der Waals surface area contributed by atoms with Gasteiger partial charge in [-0.3, -0.25) is 33.7 Å². The van der Waals surface area contributed by atoms with Gasteiger partial charge in [-0.2, -0.15) is 0 Å². The third kappa shape index (κ3) is 16.1. The monoisotopic (exact) mass is 916 g/mol. The molecule has 366 valence electrons. The summed E-state index contributed by atoms with van der Waals surface area (Å²) in [5.41, 5.74) is 2.70. The molecule has 12 heteroatoms. The van der Waals surface area contributed by atoms with Crippen molar-refractivity contribution >= 4 is 41.2 Å². The molecule has 1 aliphatic rings. The van der Waals surface area contributed by atoms with Gasteiger partial charge in [-0.25, -0.2) is 0 Å². The molecule has 12 nitrogen and oxygen atoms in total. The van der Waals surface area contributed by atoms with Gasteiger partial charge in [-0.1, -0.05) is 122 Å². The number of amides is 2. The summed E-state index contributed by atoms with van der Waals surface area (Å²) in [5.74, 6) is -2.61. The second-order valence-corrected chi connectivity index (χ2v) is 19.4. The van der Waals surface area contributed by atoms with Crippen molar-refractivity contribution in [2.45, 2.75) is 144 Å². The average Bonchev–Trinajstić information content (AvgIpc) is 3.76. The predicted molar refractivity (Wildman–Crippen MR) is 261 cm³/mol. The first-order valence-corrected chi connectivity index (χ1v) is 24.2. The van der Waals surface area contributed by atoms with E-state index < -0.39 is 42.1 Å². The van der Waals surface area contributed by atoms with Gasteiger partial charge in [0.15, 0.2) is 11.6 Å². The Morgan fingerprint density at radius 2 is 1.50 bits per heavy atom. The average molecular weight is 916 g/mol. The van der Waals surface area contributed by atoms with Crippen molar-refractivity contribution in [2.75, 3.05) is 41.4 Å². The van der Waals surface area contributed by atoms with Crippen LogP contribution in [-0.2, 0) is 39.9 Å². The molecule has 0 radical (unpaired) electrons. The number of benzene rings is 2. The molecule has 2 aromatic rings. The van der Waals surface area contributed by atoms with Gasteiger partial charge in [0.1, 0.15) is 5.78 Å². The zero-order valence-electron chi connectivity index (χ0n) is 42.0. The summed E-state index contributed by atoms with van der Waals surface area (Å²) in [4.78, 5) is 85.8. The summed E-state index contributed by atoms with van der Waals surface area (Å²) in [7, 11) is 6.77. The lowest BCUT2D eigenvalue weighted by atomic mass is 9.83. The molecule has 1 N–H and O–H groups in total. The Bertz CT molecular complexity index is 1900. The minimum atomic E-state index is -0.877. The molecule has 1 aliphatic heterocycles. The van der Waals surface area contributed by atoms with Gasteiger partial charge < -0.3 is 24.4 Å². The fourth-order valence-electron chi connectivity index (χ4n) is 9.94. The quantitative estimate of drug-likeness (QED) is 0.0786. The molecule has 0 unspecified atom stereocenters. The van der Waals surface area contributed by atoms with E-state index in [0.29, 0.717) is 37.9 Å². The maximum Gasteiger partial charge on any atom is 0.303 e. The van der Waals surface area contributed by atoms with E-state index in [-0.39, 0.29) is 84.6 Å². The molecule has 0 spiro atoms. The third-order valence-electron chi connectivity index (χ3n) is 13.9. The fourth-order valence-corrected chi connectivity index (χ4v) is 9.94. The molecule has 1 heterocycles. The van der Waals surface area contributed by atoms with Gasteiger partial charge in [0.05, 0.1) is 36.8 Å². The zero-order chi connectivity index (χ0) is 49.2. The molecule has 0 aliphatic carbocycles. The highest BCUT2D eigenvalue weighted by molar-refractivity contribution is 5.94. The number of aliphatic carboxylic acids is 1. The van der Waals surface area contributed by atoms with Crippen molar-refractivity contribution < 1.29 is 43.3 Å². The summed E-state index contributed by atoms with van der Waals surface area (Å²) in [5, 5.41) is 9.15. The number of rotatable bonds is 29. The Labute approximate surface area is 395 Å². The van der Waals surface area contributed by atoms with Crippen molar-refractivity contribution in [1.82, 2.24) is 14.7 Å². The number of methoxy groups -OCH3 is 2. The van der Waals surface area contributed by atoms with Crippen molar-refractivity contribution in [1.29, 1.82) is 0 Å². The summed E-state index contributed by atoms with van der Waals surface area (Å²) in [6, 6.07) is 16.3. The first-order chi connectivity index (χ1) is 31.2. The van der Waals surface area contributed by atoms with E-state index in [2.05, 4.69) is 25.1 Å². The van der Waals surface area contributed by atoms with Crippen LogP contribution in [0.3, 0.4) is 0 Å². The molecule has 3 rings (SSSR count). The largest absolute Gasteiger partial charge is 0.481 e. The highest BCUT2D eigenvalue weighted by atomic mass is 16.5. The van der Waals surface area contributed by atoms with Crippen LogP contribution < -0.4 is 0 Å². The van der Waals surface area contributed by atoms with E-state index >= 15 is 0 Å². The van der Waals surface area contributed by atoms with Crippen molar-refractivity contribution in [3.63, 3.8) is 0 Å². The number of allylic oxidation sites excluding steroid dienone is 1. The van der Waals surface area contributed by atoms with Gasteiger partial charge in [-0.15, -0.1) is 0 Å². The van der Waals surface area contributed by atoms with Gasteiger partial charge >= 0.3 is 5.97 Å². The molecule has 0 bridgehead atoms. The van der Waals surface area contributed by atoms with Crippen LogP contribution in [0.4, 0.5) is 0 Å². The Balaban J connectivity index is 1.80. The maximum absolute atomic E-state index is 14.6. The van der Waals surface area contributed by atoms with Gasteiger partial charge in [0.25, 0.3) is 0 Å². The number of ether oxygens (including phenoxy) is 2. The molecule has 66 heavy (non-hydrogen) atoms. The lowest BCUT2D eigenvalue weighted by molar-refractivity contribution is -0.149. The number of hydrogen-bond acceptors (Lipinski definition) is 9. The fraction of sp³-hybridized carbons (Fsp3) is 0.630. The van der Waals surface area contributed by atoms with E-state index in [0.717, 1.165) is 24.0 Å². The van der Waals surface area contributed by atoms with E-state index in [1.54, 1.807) is 33.1 Å². The van der Waals surface area contributed by atoms with Gasteiger partial charge in [0.2, 0.25) is 11.8 Å². The van der Waals surface area contributed by atoms with E-state index in [9.17, 15) is 28.8 Å². The predicted octanol–water partition coefficient (Wildman–Crippen LogP) is 8.69. The smallest absolute Gasteiger partial charge is 0.303 e. The Morgan fingerprint density at radius 3 is 2.05 bits per heavy atom. The standard InChI is InChI=1S/C54H81N3O9/c1-13-37(6)52(56(10)54(64)44(35(2)3)33-47(60)51(36(4)5)55(9)29-18-22-50(62)63)48(65-11)34-49(61)57-30-17-21-45(57)53(66-12)38(7)46(59)32-42(31-41-19-15-14-16-20-41)24-23-40-25-27-43(28-26-40)39(8)58/h14-16,19-20,23-28,35-38,42,44-45,48,51-53H,13,17-18,21-22,29-34H2,1-12H3,(H,62,63)/b24-23+/t37-,38-,42+,44-,45-,48+,51-,52-,53+/m0/s1. The normalized spacial score (nSPS) is 17.9. The number of carboxylic acids is 1. The lowest BCUT2D eigenvalue weighted by Crippen LogP contribution is -2.54. The Morgan fingerprint density at radius 1 is 0.848 bits per heavy atom. The number of likely N-dealkylation sites (tertiary alicyclic amines) is 1. The lowest BCUT2D eigenvalue weighted by Gasteiger charge is -2.41. The van der Waals surface area contributed by atoms with Crippen LogP contribution in [0, 0.1) is 35.5 Å². The van der Waals surface area contributed by atoms with Crippen molar-refractivity contribution in [3.8, 4) is 0 Å². The maximum atomic E-state index is 14.6. The number of ketones is 3. The van der Waals surface area contributed by atoms with E-state index in [4.69, 9.17) is 14.6 Å². The molecule has 1 saturated heterocycles. The zero-order valence-corrected chi connectivity index (χ0v) is 42.0. The highest BCUT2D eigenvalue weighted by Crippen LogP contribution is 2.32. The molecule has 2 aromatic carbocycles. The van der Waals surface area contributed by atoms with Gasteiger partial charge in [-0.05, 0) is 81.0 Å². The molecular weight excluding hydrogens is 835 g/mol. The highest BCUT2D eigenvalue weighted by Gasteiger charge is 2.43. The Hall–Kier alpha value is -4.52. The minimum absolute atomic E-state index is 0.00578. The summed E-state index contributed by atoms with van der Waals surface area (Å²) in [6.07, 6.45) is 6.53. The van der Waals surface area contributed by atoms with E-state index in [1.165, 1.54) is 0 Å². The van der Waals surface area contributed by atoms with E-state index in [1.807, 2.05) is 107 Å². The number of Topliss-reactive ketones (excluding diaryl/α,β-unsaturated/α-hetero) is 3. The first-order valence-electron chi connectivity index (χ1n) is 24.2. The number of nitrogens with zero attached hydrogens (tertiary/aromatic N) is 3. The number of carboxylic acid groups (broad SMARTS) is 1. The minimum Gasteiger partial charge on any atom is -0.481 e. The number of carbonyl (C=O) groups is 6. The van der Waals surface area contributed by atoms with Crippen molar-refractivity contribution in [2.24, 2.45) is 35.5 Å². The Kier molecular flexibility index (Phi) is 23.1. The molecular formula is C54H81N3O9. The summed E-state index contributed by atoms with van der Waals surface area (Å²) < 4.78 is 12.2. The van der Waals surface area contributed by atoms with Crippen LogP contribution in [0.1, 0.15) is 128 Å². The summed E-state index contributed by atoms with van der Waals surface area (Å²) >= 11 is 0. The topological polar surface area (TPSA) is 151 Å². The summed E-state index contributed by atoms with van der Waals surface area (Å²) in [6.45, 7) is 16.3. The van der Waals surface area contributed by atoms with Crippen LogP contribution in [0.2, 0.25) is 0 Å². The second-order valence-electron chi connectivity index (χ2n) is 19.4. The molecule has 9 atom stereocenters. The molecule has 2 amide bonds. The second kappa shape index (κ2) is 27.3. The molecule has 0 saturated carbocycles. The van der Waals surface area contributed by atoms with Gasteiger partial charge in [0, 0.05) is 64.5 Å². The number of carbonyl (C=O) groups excluding carboxylic acids is 5. The molecule has 0 aromatic heterocycles. The first kappa shape index (κ1) is 55.8.